The first-order valence-corrected chi connectivity index (χ1v) is 19.2. The van der Waals surface area contributed by atoms with Gasteiger partial charge in [0.05, 0.1) is 18.6 Å². The number of rotatable bonds is 10. The highest BCUT2D eigenvalue weighted by Gasteiger charge is 2.54. The van der Waals surface area contributed by atoms with Crippen molar-refractivity contribution in [2.75, 3.05) is 23.4 Å². The zero-order valence-electron chi connectivity index (χ0n) is 30.9. The zero-order valence-corrected chi connectivity index (χ0v) is 30.9. The van der Waals surface area contributed by atoms with Crippen LogP contribution in [0.2, 0.25) is 0 Å². The van der Waals surface area contributed by atoms with Crippen molar-refractivity contribution in [3.05, 3.63) is 101 Å². The summed E-state index contributed by atoms with van der Waals surface area (Å²) in [4.78, 5) is 36.2. The Morgan fingerprint density at radius 1 is 1.02 bits per heavy atom. The van der Waals surface area contributed by atoms with Gasteiger partial charge in [0, 0.05) is 59.6 Å². The number of aliphatic hydroxyl groups is 4. The Labute approximate surface area is 327 Å². The second kappa shape index (κ2) is 15.5. The Balaban J connectivity index is 1.19. The first-order valence-electron chi connectivity index (χ1n) is 19.2. The lowest BCUT2D eigenvalue weighted by Gasteiger charge is -2.50. The lowest BCUT2D eigenvalue weighted by Crippen LogP contribution is -2.60. The maximum Gasteiger partial charge on any atom is 0.327 e. The maximum atomic E-state index is 14.5. The van der Waals surface area contributed by atoms with Crippen LogP contribution in [0.15, 0.2) is 73.2 Å². The number of anilines is 2. The molecule has 1 saturated heterocycles. The number of carbonyl (C=O) groups is 2. The molecule has 9 N–H and O–H groups in total. The van der Waals surface area contributed by atoms with Crippen LogP contribution in [-0.4, -0.2) is 107 Å². The molecule has 1 saturated carbocycles. The molecule has 3 aliphatic heterocycles. The number of carboxylic acid groups (broad SMARTS) is 1. The van der Waals surface area contributed by atoms with Gasteiger partial charge in [0.2, 0.25) is 6.29 Å². The number of aliphatic carboxylic acids is 1. The lowest BCUT2D eigenvalue weighted by molar-refractivity contribution is -0.277. The maximum absolute atomic E-state index is 14.5. The van der Waals surface area contributed by atoms with Crippen molar-refractivity contribution < 1.29 is 54.8 Å². The van der Waals surface area contributed by atoms with Crippen molar-refractivity contribution in [2.24, 2.45) is 5.92 Å². The molecule has 15 nitrogen and oxygen atoms in total. The van der Waals surface area contributed by atoms with Crippen molar-refractivity contribution in [1.82, 2.24) is 9.97 Å². The van der Waals surface area contributed by atoms with E-state index in [9.17, 15) is 45.3 Å². The summed E-state index contributed by atoms with van der Waals surface area (Å²) in [6.45, 7) is 0.0104. The number of phenolic OH excluding ortho intramolecular Hbond substituents is 2. The zero-order chi connectivity index (χ0) is 40.0. The number of ether oxygens (including phenoxy) is 2. The Morgan fingerprint density at radius 2 is 1.84 bits per heavy atom. The Hall–Kier alpha value is -5.45. The molecule has 0 unspecified atom stereocenters. The van der Waals surface area contributed by atoms with E-state index in [1.54, 1.807) is 18.3 Å². The minimum Gasteiger partial charge on any atom is -0.508 e. The smallest absolute Gasteiger partial charge is 0.327 e. The summed E-state index contributed by atoms with van der Waals surface area (Å²) in [6.07, 6.45) is 2.31. The van der Waals surface area contributed by atoms with Gasteiger partial charge in [0.15, 0.2) is 11.5 Å². The van der Waals surface area contributed by atoms with Crippen molar-refractivity contribution in [2.45, 2.75) is 86.6 Å². The number of hydrogen-bond acceptors (Lipinski definition) is 12. The summed E-state index contributed by atoms with van der Waals surface area (Å²) in [6, 6.07) is 14.2. The van der Waals surface area contributed by atoms with Crippen molar-refractivity contribution in [3.8, 4) is 17.2 Å². The number of carbonyl (C=O) groups excluding carboxylic acids is 1. The van der Waals surface area contributed by atoms with Gasteiger partial charge >= 0.3 is 5.97 Å². The highest BCUT2D eigenvalue weighted by Crippen LogP contribution is 2.57. The van der Waals surface area contributed by atoms with E-state index >= 15 is 0 Å². The molecule has 0 radical (unpaired) electrons. The number of hydrogen-bond donors (Lipinski definition) is 9. The van der Waals surface area contributed by atoms with Gasteiger partial charge in [0.1, 0.15) is 36.2 Å². The molecule has 1 amide bonds. The van der Waals surface area contributed by atoms with Gasteiger partial charge in [-0.1, -0.05) is 37.1 Å². The topological polar surface area (TPSA) is 238 Å². The number of imidazole rings is 1. The van der Waals surface area contributed by atoms with E-state index in [1.807, 2.05) is 18.2 Å². The first kappa shape index (κ1) is 38.4. The summed E-state index contributed by atoms with van der Waals surface area (Å²) < 4.78 is 11.4. The number of fused-ring (bicyclic) bond motifs is 4. The summed E-state index contributed by atoms with van der Waals surface area (Å²) in [5.74, 6) is -3.15. The molecule has 1 aliphatic carbocycles. The fourth-order valence-electron chi connectivity index (χ4n) is 9.45. The number of phenols is 2. The van der Waals surface area contributed by atoms with E-state index < -0.39 is 72.3 Å². The van der Waals surface area contributed by atoms with Crippen LogP contribution < -0.4 is 15.0 Å². The molecule has 1 aromatic heterocycles. The second-order valence-corrected chi connectivity index (χ2v) is 15.5. The van der Waals surface area contributed by atoms with Crippen LogP contribution in [0, 0.1) is 5.92 Å². The largest absolute Gasteiger partial charge is 0.508 e. The molecule has 8 rings (SSSR count). The summed E-state index contributed by atoms with van der Waals surface area (Å²) in [5, 5.41) is 77.7. The van der Waals surface area contributed by atoms with Crippen LogP contribution in [0.25, 0.3) is 6.08 Å². The molecule has 2 fully saturated rings. The molecule has 4 aliphatic rings. The molecule has 3 aromatic carbocycles. The molecular formula is C42H46N4O11. The van der Waals surface area contributed by atoms with Crippen LogP contribution >= 0.6 is 0 Å². The predicted octanol–water partition coefficient (Wildman–Crippen LogP) is 3.13. The monoisotopic (exact) mass is 782 g/mol. The third kappa shape index (κ3) is 6.99. The Kier molecular flexibility index (Phi) is 10.4. The van der Waals surface area contributed by atoms with E-state index in [2.05, 4.69) is 21.4 Å². The number of aromatic nitrogens is 2. The van der Waals surface area contributed by atoms with E-state index in [0.29, 0.717) is 36.1 Å². The third-order valence-corrected chi connectivity index (χ3v) is 12.3. The quantitative estimate of drug-likeness (QED) is 0.105. The molecule has 4 heterocycles. The van der Waals surface area contributed by atoms with Crippen molar-refractivity contribution in [1.29, 1.82) is 0 Å². The van der Waals surface area contributed by atoms with Gasteiger partial charge in [-0.15, -0.1) is 0 Å². The first-order chi connectivity index (χ1) is 27.5. The Bertz CT molecular complexity index is 2160. The van der Waals surface area contributed by atoms with Crippen molar-refractivity contribution in [3.63, 3.8) is 0 Å². The lowest BCUT2D eigenvalue weighted by atomic mass is 9.56. The van der Waals surface area contributed by atoms with Gasteiger partial charge in [-0.2, -0.15) is 0 Å². The van der Waals surface area contributed by atoms with Crippen LogP contribution in [0.5, 0.6) is 17.2 Å². The standard InChI is InChI=1S/C42H46N4O11/c47-20-34-37(51)38(52)39(53)41(57-34)56-33-16-30-26(15-32(33)49)27(17-42-12-4-3-5-24(42)18-44-29-7-2-1-6-28(29)42)36(40(54)55)46(30)35(50)11-9-22-8-10-31(48)23(13-22)14-25-19-43-21-45-25/h1-2,6-11,13,15-16,19,21,24,27,34,36-39,41,44,47-49,51-53H,3-5,12,14,17-18,20H2,(H,43,45)(H,54,55)/b11-9+/t24-,27-,34-,36-,37-,38+,39-,41-,42+/m1/s1. The van der Waals surface area contributed by atoms with E-state index in [4.69, 9.17) is 9.47 Å². The number of aromatic amines is 1. The normalized spacial score (nSPS) is 29.3. The average molecular weight is 783 g/mol. The van der Waals surface area contributed by atoms with Gasteiger partial charge in [-0.05, 0) is 72.2 Å². The average Bonchev–Trinajstić information content (AvgIpc) is 3.84. The number of aromatic hydroxyl groups is 2. The molecule has 15 heteroatoms. The summed E-state index contributed by atoms with van der Waals surface area (Å²) >= 11 is 0. The highest BCUT2D eigenvalue weighted by atomic mass is 16.7. The molecule has 0 spiro atoms. The van der Waals surface area contributed by atoms with Gasteiger partial charge in [-0.25, -0.2) is 9.78 Å². The fourth-order valence-corrected chi connectivity index (χ4v) is 9.45. The number of nitrogens with zero attached hydrogens (tertiary/aromatic N) is 2. The Morgan fingerprint density at radius 3 is 2.61 bits per heavy atom. The fraction of sp³-hybridized carbons (Fsp3) is 0.405. The molecule has 9 atom stereocenters. The molecule has 0 bridgehead atoms. The van der Waals surface area contributed by atoms with Crippen molar-refractivity contribution >= 4 is 29.3 Å². The SMILES string of the molecule is O=C(O)[C@H]1[C@H](C[C@@]23CCCC[C@@H]2CNc2ccccc23)c2cc(O)c(O[C@@H]3O[C@H](CO)[C@@H](O)[C@H](O)[C@H]3O)cc2N1C(=O)/C=C/c1ccc(O)c(Cc2cnc[nH]2)c1. The van der Waals surface area contributed by atoms with Crippen LogP contribution in [0.3, 0.4) is 0 Å². The van der Waals surface area contributed by atoms with E-state index in [1.165, 1.54) is 41.6 Å². The number of benzene rings is 3. The second-order valence-electron chi connectivity index (χ2n) is 15.5. The van der Waals surface area contributed by atoms with Crippen LogP contribution in [-0.2, 0) is 26.2 Å². The predicted molar refractivity (Wildman–Crippen MR) is 206 cm³/mol. The molecule has 4 aromatic rings. The number of H-pyrrole nitrogens is 1. The van der Waals surface area contributed by atoms with E-state index in [-0.39, 0.29) is 23.1 Å². The van der Waals surface area contributed by atoms with Crippen LogP contribution in [0.4, 0.5) is 11.4 Å². The minimum atomic E-state index is -1.79. The highest BCUT2D eigenvalue weighted by molar-refractivity contribution is 6.10. The van der Waals surface area contributed by atoms with Gasteiger partial charge in [-0.3, -0.25) is 9.69 Å². The van der Waals surface area contributed by atoms with Crippen LogP contribution in [0.1, 0.15) is 66.0 Å². The number of para-hydroxylation sites is 1. The van der Waals surface area contributed by atoms with Gasteiger partial charge < -0.3 is 55.5 Å². The number of amides is 1. The minimum absolute atomic E-state index is 0.0574. The van der Waals surface area contributed by atoms with E-state index in [0.717, 1.165) is 42.6 Å². The third-order valence-electron chi connectivity index (χ3n) is 12.3. The summed E-state index contributed by atoms with van der Waals surface area (Å²) in [7, 11) is 0. The number of nitrogens with one attached hydrogen (secondary N) is 2. The molecular weight excluding hydrogens is 736 g/mol. The number of aliphatic hydroxyl groups excluding tert-OH is 4. The van der Waals surface area contributed by atoms with Gasteiger partial charge in [0.25, 0.3) is 5.91 Å². The molecule has 300 valence electrons. The molecule has 57 heavy (non-hydrogen) atoms. The number of carboxylic acids is 1. The summed E-state index contributed by atoms with van der Waals surface area (Å²) in [5.41, 5.74) is 4.17.